The summed E-state index contributed by atoms with van der Waals surface area (Å²) in [7, 11) is 1.38. The molecule has 7 heteroatoms. The monoisotopic (exact) mass is 475 g/mol. The van der Waals surface area contributed by atoms with Crippen LogP contribution >= 0.6 is 34.3 Å². The lowest BCUT2D eigenvalue weighted by molar-refractivity contribution is 0.0600. The first-order valence-electron chi connectivity index (χ1n) is 10.3. The standard InChI is InChI=1S/C24H26ClNO3S2/c1-12-6-8-15-16(10-12)30-20(19(15)25)21(27)26-22-18(23(28)29-5)14-9-7-13(24(2,3)4)11-17(14)31-22/h6,8,10,13H,7,9,11H2,1-5H3,(H,26,27)/t13-/m0/s1. The van der Waals surface area contributed by atoms with E-state index in [0.29, 0.717) is 26.4 Å². The molecule has 0 saturated heterocycles. The van der Waals surface area contributed by atoms with E-state index in [0.717, 1.165) is 40.5 Å². The molecule has 1 aliphatic rings. The second kappa shape index (κ2) is 8.23. The molecule has 164 valence electrons. The third-order valence-electron chi connectivity index (χ3n) is 6.10. The van der Waals surface area contributed by atoms with E-state index in [1.807, 2.05) is 25.1 Å². The Morgan fingerprint density at radius 1 is 1.23 bits per heavy atom. The normalized spacial score (nSPS) is 16.3. The molecule has 0 unspecified atom stereocenters. The summed E-state index contributed by atoms with van der Waals surface area (Å²) < 4.78 is 6.03. The molecule has 1 amide bonds. The zero-order valence-electron chi connectivity index (χ0n) is 18.3. The van der Waals surface area contributed by atoms with Crippen LogP contribution in [0.5, 0.6) is 0 Å². The minimum absolute atomic E-state index is 0.194. The maximum atomic E-state index is 13.2. The van der Waals surface area contributed by atoms with Crippen molar-refractivity contribution in [2.45, 2.75) is 47.0 Å². The van der Waals surface area contributed by atoms with E-state index in [1.54, 1.807) is 0 Å². The number of benzene rings is 1. The van der Waals surface area contributed by atoms with Gasteiger partial charge < -0.3 is 10.1 Å². The molecule has 0 aliphatic heterocycles. The van der Waals surface area contributed by atoms with Crippen molar-refractivity contribution < 1.29 is 14.3 Å². The highest BCUT2D eigenvalue weighted by Crippen LogP contribution is 2.45. The van der Waals surface area contributed by atoms with Crippen molar-refractivity contribution in [2.75, 3.05) is 12.4 Å². The molecule has 0 radical (unpaired) electrons. The molecular formula is C24H26ClNO3S2. The summed E-state index contributed by atoms with van der Waals surface area (Å²) in [5.74, 6) is -0.159. The van der Waals surface area contributed by atoms with Gasteiger partial charge in [-0.25, -0.2) is 4.79 Å². The first kappa shape index (κ1) is 22.3. The lowest BCUT2D eigenvalue weighted by Crippen LogP contribution is -2.26. The van der Waals surface area contributed by atoms with Crippen molar-refractivity contribution >= 4 is 61.2 Å². The number of esters is 1. The van der Waals surface area contributed by atoms with E-state index in [4.69, 9.17) is 16.3 Å². The van der Waals surface area contributed by atoms with Crippen molar-refractivity contribution in [1.82, 2.24) is 0 Å². The quantitative estimate of drug-likeness (QED) is 0.410. The maximum Gasteiger partial charge on any atom is 0.341 e. The van der Waals surface area contributed by atoms with Gasteiger partial charge in [0.1, 0.15) is 9.88 Å². The summed E-state index contributed by atoms with van der Waals surface area (Å²) in [6, 6.07) is 5.95. The molecule has 1 aromatic carbocycles. The van der Waals surface area contributed by atoms with Crippen LogP contribution in [0.25, 0.3) is 10.1 Å². The fourth-order valence-electron chi connectivity index (χ4n) is 4.21. The number of anilines is 1. The molecule has 0 spiro atoms. The lowest BCUT2D eigenvalue weighted by Gasteiger charge is -2.33. The van der Waals surface area contributed by atoms with E-state index in [-0.39, 0.29) is 11.3 Å². The number of hydrogen-bond donors (Lipinski definition) is 1. The van der Waals surface area contributed by atoms with Gasteiger partial charge in [0.2, 0.25) is 0 Å². The van der Waals surface area contributed by atoms with Gasteiger partial charge in [0.15, 0.2) is 0 Å². The van der Waals surface area contributed by atoms with Crippen LogP contribution in [0.2, 0.25) is 5.02 Å². The SMILES string of the molecule is COC(=O)c1c(NC(=O)c2sc3cc(C)ccc3c2Cl)sc2c1CC[C@H](C(C)(C)C)C2. The van der Waals surface area contributed by atoms with Crippen LogP contribution in [0, 0.1) is 18.3 Å². The van der Waals surface area contributed by atoms with Crippen molar-refractivity contribution in [3.63, 3.8) is 0 Å². The Bertz CT molecular complexity index is 1190. The van der Waals surface area contributed by atoms with E-state index in [1.165, 1.54) is 34.7 Å². The topological polar surface area (TPSA) is 55.4 Å². The number of nitrogens with one attached hydrogen (secondary N) is 1. The summed E-state index contributed by atoms with van der Waals surface area (Å²) in [5, 5.41) is 4.85. The summed E-state index contributed by atoms with van der Waals surface area (Å²) in [6.07, 6.45) is 2.75. The third-order valence-corrected chi connectivity index (χ3v) is 8.92. The Balaban J connectivity index is 1.70. The van der Waals surface area contributed by atoms with Gasteiger partial charge in [-0.3, -0.25) is 4.79 Å². The zero-order chi connectivity index (χ0) is 22.5. The van der Waals surface area contributed by atoms with Crippen LogP contribution in [0.1, 0.15) is 63.2 Å². The number of halogens is 1. The van der Waals surface area contributed by atoms with Gasteiger partial charge in [0.25, 0.3) is 5.91 Å². The minimum atomic E-state index is -0.403. The molecule has 0 saturated carbocycles. The third kappa shape index (κ3) is 4.13. The Morgan fingerprint density at radius 3 is 2.65 bits per heavy atom. The molecule has 4 nitrogen and oxygen atoms in total. The van der Waals surface area contributed by atoms with Gasteiger partial charge in [-0.15, -0.1) is 22.7 Å². The number of aryl methyl sites for hydroxylation is 1. The van der Waals surface area contributed by atoms with Crippen molar-refractivity contribution in [3.05, 3.63) is 49.7 Å². The Morgan fingerprint density at radius 2 is 1.97 bits per heavy atom. The predicted octanol–water partition coefficient (Wildman–Crippen LogP) is 7.11. The number of carbonyl (C=O) groups is 2. The highest BCUT2D eigenvalue weighted by molar-refractivity contribution is 7.22. The summed E-state index contributed by atoms with van der Waals surface area (Å²) in [4.78, 5) is 27.4. The van der Waals surface area contributed by atoms with Crippen LogP contribution in [-0.4, -0.2) is 19.0 Å². The maximum absolute atomic E-state index is 13.2. The van der Waals surface area contributed by atoms with Crippen LogP contribution in [-0.2, 0) is 17.6 Å². The number of methoxy groups -OCH3 is 1. The van der Waals surface area contributed by atoms with E-state index >= 15 is 0 Å². The largest absolute Gasteiger partial charge is 0.465 e. The zero-order valence-corrected chi connectivity index (χ0v) is 20.7. The highest BCUT2D eigenvalue weighted by Gasteiger charge is 2.34. The number of ether oxygens (including phenoxy) is 1. The fourth-order valence-corrected chi connectivity index (χ4v) is 7.03. The van der Waals surface area contributed by atoms with Gasteiger partial charge in [-0.1, -0.05) is 44.5 Å². The van der Waals surface area contributed by atoms with Crippen LogP contribution in [0.4, 0.5) is 5.00 Å². The Kier molecular flexibility index (Phi) is 5.92. The molecule has 31 heavy (non-hydrogen) atoms. The van der Waals surface area contributed by atoms with E-state index < -0.39 is 5.97 Å². The number of carbonyl (C=O) groups excluding carboxylic acids is 2. The van der Waals surface area contributed by atoms with Gasteiger partial charge in [0, 0.05) is 15.0 Å². The molecule has 1 atom stereocenters. The number of hydrogen-bond acceptors (Lipinski definition) is 5. The first-order chi connectivity index (χ1) is 14.6. The fraction of sp³-hybridized carbons (Fsp3) is 0.417. The van der Waals surface area contributed by atoms with Gasteiger partial charge >= 0.3 is 5.97 Å². The molecule has 1 aliphatic carbocycles. The molecule has 2 heterocycles. The van der Waals surface area contributed by atoms with Gasteiger partial charge in [0.05, 0.1) is 17.7 Å². The summed E-state index contributed by atoms with van der Waals surface area (Å²) in [5.41, 5.74) is 2.82. The number of amides is 1. The van der Waals surface area contributed by atoms with E-state index in [2.05, 4.69) is 26.1 Å². The molecule has 1 N–H and O–H groups in total. The minimum Gasteiger partial charge on any atom is -0.465 e. The molecule has 0 bridgehead atoms. The number of fused-ring (bicyclic) bond motifs is 2. The van der Waals surface area contributed by atoms with Gasteiger partial charge in [-0.2, -0.15) is 0 Å². The second-order valence-electron chi connectivity index (χ2n) is 9.20. The number of rotatable bonds is 3. The first-order valence-corrected chi connectivity index (χ1v) is 12.3. The van der Waals surface area contributed by atoms with E-state index in [9.17, 15) is 9.59 Å². The molecule has 2 aromatic heterocycles. The Hall–Kier alpha value is -1.89. The highest BCUT2D eigenvalue weighted by atomic mass is 35.5. The number of thiophene rings is 2. The average molecular weight is 476 g/mol. The van der Waals surface area contributed by atoms with Crippen LogP contribution in [0.15, 0.2) is 18.2 Å². The molecule has 0 fully saturated rings. The molecule has 3 aromatic rings. The summed E-state index contributed by atoms with van der Waals surface area (Å²) in [6.45, 7) is 8.78. The van der Waals surface area contributed by atoms with Crippen LogP contribution in [0.3, 0.4) is 0 Å². The smallest absolute Gasteiger partial charge is 0.341 e. The van der Waals surface area contributed by atoms with Gasteiger partial charge in [-0.05, 0) is 54.7 Å². The van der Waals surface area contributed by atoms with Crippen molar-refractivity contribution in [1.29, 1.82) is 0 Å². The van der Waals surface area contributed by atoms with Crippen molar-refractivity contribution in [2.24, 2.45) is 11.3 Å². The average Bonchev–Trinajstić information content (AvgIpc) is 3.23. The molecular weight excluding hydrogens is 450 g/mol. The molecule has 4 rings (SSSR count). The lowest BCUT2D eigenvalue weighted by atomic mass is 9.72. The second-order valence-corrected chi connectivity index (χ2v) is 11.7. The Labute approximate surface area is 195 Å². The predicted molar refractivity (Wildman–Crippen MR) is 130 cm³/mol. The van der Waals surface area contributed by atoms with Crippen LogP contribution < -0.4 is 5.32 Å². The summed E-state index contributed by atoms with van der Waals surface area (Å²) >= 11 is 9.39. The van der Waals surface area contributed by atoms with Crippen molar-refractivity contribution in [3.8, 4) is 0 Å².